The number of fused-ring (bicyclic) bond motifs is 1. The molecular formula is C32H27N11O. The van der Waals surface area contributed by atoms with E-state index in [0.29, 0.717) is 45.3 Å². The third-order valence-electron chi connectivity index (χ3n) is 7.72. The molecule has 0 amide bonds. The van der Waals surface area contributed by atoms with Gasteiger partial charge in [0, 0.05) is 68.5 Å². The lowest BCUT2D eigenvalue weighted by molar-refractivity contribution is 0.249. The summed E-state index contributed by atoms with van der Waals surface area (Å²) >= 11 is 0. The van der Waals surface area contributed by atoms with Gasteiger partial charge in [0.15, 0.2) is 11.5 Å². The van der Waals surface area contributed by atoms with Crippen LogP contribution in [0.5, 0.6) is 0 Å². The van der Waals surface area contributed by atoms with Crippen molar-refractivity contribution < 1.29 is 0 Å². The van der Waals surface area contributed by atoms with Gasteiger partial charge in [-0.3, -0.25) is 14.3 Å². The maximum absolute atomic E-state index is 12.0. The summed E-state index contributed by atoms with van der Waals surface area (Å²) in [5.74, 6) is 1.80. The second-order valence-electron chi connectivity index (χ2n) is 10.5. The molecule has 216 valence electrons. The molecule has 0 aliphatic carbocycles. The second kappa shape index (κ2) is 11.4. The number of hydrogen-bond donors (Lipinski definition) is 2. The molecule has 7 rings (SSSR count). The summed E-state index contributed by atoms with van der Waals surface area (Å²) in [6, 6.07) is 23.0. The number of nitrogen functional groups attached to an aromatic ring is 1. The minimum Gasteiger partial charge on any atom is -0.383 e. The van der Waals surface area contributed by atoms with E-state index in [1.54, 1.807) is 18.5 Å². The number of H-pyrrole nitrogens is 1. The zero-order chi connectivity index (χ0) is 30.0. The molecule has 0 saturated carbocycles. The molecule has 0 atom stereocenters. The van der Waals surface area contributed by atoms with Gasteiger partial charge in [0.05, 0.1) is 11.3 Å². The summed E-state index contributed by atoms with van der Waals surface area (Å²) < 4.78 is 1.99. The minimum absolute atomic E-state index is 0.194. The van der Waals surface area contributed by atoms with Crippen molar-refractivity contribution in [3.63, 3.8) is 0 Å². The molecule has 12 nitrogen and oxygen atoms in total. The van der Waals surface area contributed by atoms with Crippen molar-refractivity contribution in [1.82, 2.24) is 39.4 Å². The fourth-order valence-electron chi connectivity index (χ4n) is 5.48. The topological polar surface area (TPSA) is 159 Å². The van der Waals surface area contributed by atoms with Crippen LogP contribution in [0.25, 0.3) is 39.5 Å². The van der Waals surface area contributed by atoms with E-state index in [1.165, 1.54) is 18.0 Å². The molecule has 1 aromatic carbocycles. The van der Waals surface area contributed by atoms with Crippen molar-refractivity contribution in [2.75, 3.05) is 36.8 Å². The van der Waals surface area contributed by atoms with Crippen LogP contribution in [-0.4, -0.2) is 65.5 Å². The number of piperazine rings is 1. The maximum atomic E-state index is 12.0. The van der Waals surface area contributed by atoms with Crippen LogP contribution in [0.3, 0.4) is 0 Å². The number of nitrogens with two attached hydrogens (primary N) is 1. The standard InChI is InChI=1S/C32H27N11O/c33-18-23-17-28(38-20-37-23)42-14-12-41(13-15-42)19-21-3-5-24(6-4-21)43-31(25-2-1-10-36-30(25)34)40-27-8-7-26(39-32(27)43)22-9-11-35-29(44)16-22/h1-11,16-17,20H,12-15,19H2,(H2,34,36)(H,35,44). The van der Waals surface area contributed by atoms with E-state index in [9.17, 15) is 4.79 Å². The number of nitrogens with zero attached hydrogens (tertiary/aromatic N) is 9. The van der Waals surface area contributed by atoms with Gasteiger partial charge in [-0.1, -0.05) is 12.1 Å². The number of benzene rings is 1. The van der Waals surface area contributed by atoms with Gasteiger partial charge in [0.2, 0.25) is 5.56 Å². The number of anilines is 2. The van der Waals surface area contributed by atoms with Crippen LogP contribution in [0.2, 0.25) is 0 Å². The molecule has 12 heteroatoms. The molecule has 1 aliphatic rings. The maximum Gasteiger partial charge on any atom is 0.248 e. The predicted octanol–water partition coefficient (Wildman–Crippen LogP) is 3.40. The quantitative estimate of drug-likeness (QED) is 0.299. The summed E-state index contributed by atoms with van der Waals surface area (Å²) in [6.07, 6.45) is 4.71. The number of nitrogens with one attached hydrogen (secondary N) is 1. The normalized spacial score (nSPS) is 13.7. The van der Waals surface area contributed by atoms with Gasteiger partial charge in [-0.2, -0.15) is 5.26 Å². The van der Waals surface area contributed by atoms with Gasteiger partial charge in [-0.15, -0.1) is 0 Å². The Bertz CT molecular complexity index is 2070. The van der Waals surface area contributed by atoms with Crippen molar-refractivity contribution in [3.05, 3.63) is 107 Å². The van der Waals surface area contributed by atoms with Crippen LogP contribution in [0.15, 0.2) is 90.2 Å². The van der Waals surface area contributed by atoms with E-state index in [0.717, 1.165) is 44.2 Å². The van der Waals surface area contributed by atoms with Crippen molar-refractivity contribution >= 4 is 22.8 Å². The molecule has 5 aromatic heterocycles. The van der Waals surface area contributed by atoms with Gasteiger partial charge in [-0.25, -0.2) is 24.9 Å². The monoisotopic (exact) mass is 581 g/mol. The predicted molar refractivity (Wildman–Crippen MR) is 167 cm³/mol. The van der Waals surface area contributed by atoms with E-state index in [2.05, 4.69) is 60.1 Å². The molecule has 1 saturated heterocycles. The van der Waals surface area contributed by atoms with E-state index in [4.69, 9.17) is 21.0 Å². The Hall–Kier alpha value is -5.93. The number of aromatic nitrogens is 7. The molecule has 6 aromatic rings. The van der Waals surface area contributed by atoms with Crippen LogP contribution in [0.4, 0.5) is 11.6 Å². The van der Waals surface area contributed by atoms with Crippen LogP contribution in [-0.2, 0) is 6.54 Å². The van der Waals surface area contributed by atoms with E-state index in [1.807, 2.05) is 34.9 Å². The Balaban J connectivity index is 1.18. The van der Waals surface area contributed by atoms with Gasteiger partial charge in [0.1, 0.15) is 35.2 Å². The molecular weight excluding hydrogens is 554 g/mol. The van der Waals surface area contributed by atoms with Gasteiger partial charge in [-0.05, 0) is 48.0 Å². The van der Waals surface area contributed by atoms with Crippen LogP contribution < -0.4 is 16.2 Å². The Morgan fingerprint density at radius 2 is 1.77 bits per heavy atom. The number of imidazole rings is 1. The average molecular weight is 582 g/mol. The molecule has 6 heterocycles. The summed E-state index contributed by atoms with van der Waals surface area (Å²) in [4.78, 5) is 41.7. The lowest BCUT2D eigenvalue weighted by atomic mass is 10.1. The van der Waals surface area contributed by atoms with E-state index in [-0.39, 0.29) is 5.56 Å². The zero-order valence-electron chi connectivity index (χ0n) is 23.6. The van der Waals surface area contributed by atoms with Crippen molar-refractivity contribution in [3.8, 4) is 34.4 Å². The van der Waals surface area contributed by atoms with Crippen LogP contribution >= 0.6 is 0 Å². The van der Waals surface area contributed by atoms with Crippen molar-refractivity contribution in [2.24, 2.45) is 0 Å². The molecule has 0 radical (unpaired) electrons. The van der Waals surface area contributed by atoms with Crippen molar-refractivity contribution in [1.29, 1.82) is 5.26 Å². The fraction of sp³-hybridized carbons (Fsp3) is 0.156. The summed E-state index contributed by atoms with van der Waals surface area (Å²) in [7, 11) is 0. The molecule has 0 bridgehead atoms. The largest absolute Gasteiger partial charge is 0.383 e. The lowest BCUT2D eigenvalue weighted by Gasteiger charge is -2.35. The Morgan fingerprint density at radius 1 is 0.932 bits per heavy atom. The molecule has 1 aliphatic heterocycles. The fourth-order valence-corrected chi connectivity index (χ4v) is 5.48. The number of rotatable bonds is 6. The highest BCUT2D eigenvalue weighted by Crippen LogP contribution is 2.31. The number of pyridine rings is 3. The number of hydrogen-bond acceptors (Lipinski definition) is 10. The molecule has 0 unspecified atom stereocenters. The van der Waals surface area contributed by atoms with Gasteiger partial charge in [0.25, 0.3) is 0 Å². The third-order valence-corrected chi connectivity index (χ3v) is 7.72. The molecule has 44 heavy (non-hydrogen) atoms. The second-order valence-corrected chi connectivity index (χ2v) is 10.5. The van der Waals surface area contributed by atoms with Gasteiger partial charge < -0.3 is 15.6 Å². The first-order valence-electron chi connectivity index (χ1n) is 14.1. The van der Waals surface area contributed by atoms with Crippen molar-refractivity contribution in [2.45, 2.75) is 6.54 Å². The number of nitriles is 1. The Kier molecular flexibility index (Phi) is 6.97. The zero-order valence-corrected chi connectivity index (χ0v) is 23.6. The SMILES string of the molecule is N#Cc1cc(N2CCN(Cc3ccc(-n4c(-c5cccnc5N)nc5ccc(-c6cc[nH]c(=O)c6)nc54)cc3)CC2)ncn1. The summed E-state index contributed by atoms with van der Waals surface area (Å²) in [5, 5.41) is 9.16. The summed E-state index contributed by atoms with van der Waals surface area (Å²) in [5.41, 5.74) is 12.0. The molecule has 3 N–H and O–H groups in total. The minimum atomic E-state index is -0.194. The molecule has 0 spiro atoms. The highest BCUT2D eigenvalue weighted by molar-refractivity contribution is 5.84. The van der Waals surface area contributed by atoms with Gasteiger partial charge >= 0.3 is 0 Å². The first-order chi connectivity index (χ1) is 21.6. The number of aromatic amines is 1. The van der Waals surface area contributed by atoms with E-state index < -0.39 is 0 Å². The van der Waals surface area contributed by atoms with Crippen LogP contribution in [0.1, 0.15) is 11.3 Å². The first kappa shape index (κ1) is 26.9. The van der Waals surface area contributed by atoms with Crippen LogP contribution in [0, 0.1) is 11.3 Å². The first-order valence-corrected chi connectivity index (χ1v) is 14.1. The highest BCUT2D eigenvalue weighted by Gasteiger charge is 2.21. The third kappa shape index (κ3) is 5.23. The Labute approximate surface area is 252 Å². The lowest BCUT2D eigenvalue weighted by Crippen LogP contribution is -2.46. The Morgan fingerprint density at radius 3 is 2.55 bits per heavy atom. The molecule has 1 fully saturated rings. The average Bonchev–Trinajstić information content (AvgIpc) is 3.44. The highest BCUT2D eigenvalue weighted by atomic mass is 16.1. The summed E-state index contributed by atoms with van der Waals surface area (Å²) in [6.45, 7) is 4.19. The smallest absolute Gasteiger partial charge is 0.248 e. The van der Waals surface area contributed by atoms with E-state index >= 15 is 0 Å².